The molecule has 1 aliphatic carbocycles. The lowest BCUT2D eigenvalue weighted by atomic mass is 10.1. The van der Waals surface area contributed by atoms with Gasteiger partial charge in [-0.25, -0.2) is 4.99 Å². The summed E-state index contributed by atoms with van der Waals surface area (Å²) in [4.78, 5) is 7.51. The van der Waals surface area contributed by atoms with Crippen molar-refractivity contribution in [1.29, 1.82) is 0 Å². The Bertz CT molecular complexity index is 846. The number of halogens is 1. The van der Waals surface area contributed by atoms with E-state index in [2.05, 4.69) is 63.8 Å². The van der Waals surface area contributed by atoms with Crippen LogP contribution in [-0.4, -0.2) is 50.3 Å². The van der Waals surface area contributed by atoms with E-state index in [9.17, 15) is 0 Å². The first-order chi connectivity index (χ1) is 14.0. The minimum Gasteiger partial charge on any atom is -0.352 e. The van der Waals surface area contributed by atoms with Gasteiger partial charge >= 0.3 is 0 Å². The van der Waals surface area contributed by atoms with E-state index in [1.54, 1.807) is 0 Å². The molecule has 0 amide bonds. The van der Waals surface area contributed by atoms with Gasteiger partial charge < -0.3 is 15.2 Å². The van der Waals surface area contributed by atoms with Crippen molar-refractivity contribution >= 4 is 29.9 Å². The molecule has 7 nitrogen and oxygen atoms in total. The molecule has 4 rings (SSSR count). The van der Waals surface area contributed by atoms with Crippen LogP contribution in [0.25, 0.3) is 0 Å². The Kier molecular flexibility index (Phi) is 7.73. The zero-order valence-electron chi connectivity index (χ0n) is 18.4. The molecule has 2 fully saturated rings. The highest BCUT2D eigenvalue weighted by Gasteiger charge is 2.39. The van der Waals surface area contributed by atoms with Crippen LogP contribution in [0.2, 0.25) is 0 Å². The van der Waals surface area contributed by atoms with Crippen LogP contribution in [0.15, 0.2) is 35.3 Å². The quantitative estimate of drug-likeness (QED) is 0.346. The third-order valence-corrected chi connectivity index (χ3v) is 6.19. The molecule has 0 spiro atoms. The first-order valence-corrected chi connectivity index (χ1v) is 10.7. The maximum atomic E-state index is 4.86. The summed E-state index contributed by atoms with van der Waals surface area (Å²) in [5, 5.41) is 15.7. The Hall–Kier alpha value is -1.68. The number of nitrogens with one attached hydrogen (secondary N) is 2. The zero-order chi connectivity index (χ0) is 20.4. The van der Waals surface area contributed by atoms with Crippen LogP contribution < -0.4 is 10.6 Å². The topological polar surface area (TPSA) is 70.4 Å². The predicted octanol–water partition coefficient (Wildman–Crippen LogP) is 3.16. The molecule has 2 aromatic rings. The molecule has 1 aromatic carbocycles. The average molecular weight is 523 g/mol. The fourth-order valence-electron chi connectivity index (χ4n) is 4.17. The molecule has 0 bridgehead atoms. The van der Waals surface area contributed by atoms with Gasteiger partial charge in [-0.15, -0.1) is 34.2 Å². The first-order valence-electron chi connectivity index (χ1n) is 10.7. The summed E-state index contributed by atoms with van der Waals surface area (Å²) >= 11 is 0. The molecule has 3 atom stereocenters. The molecular weight excluding hydrogens is 489 g/mol. The fourth-order valence-corrected chi connectivity index (χ4v) is 4.17. The third kappa shape index (κ3) is 5.51. The number of rotatable bonds is 6. The lowest BCUT2D eigenvalue weighted by molar-refractivity contribution is 0.256. The summed E-state index contributed by atoms with van der Waals surface area (Å²) < 4.78 is 1.99. The van der Waals surface area contributed by atoms with Gasteiger partial charge in [0.1, 0.15) is 12.4 Å². The Balaban J connectivity index is 0.00000256. The molecule has 2 heterocycles. The predicted molar refractivity (Wildman–Crippen MR) is 131 cm³/mol. The van der Waals surface area contributed by atoms with Crippen molar-refractivity contribution < 1.29 is 0 Å². The summed E-state index contributed by atoms with van der Waals surface area (Å²) in [5.74, 6) is 2.62. The highest BCUT2D eigenvalue weighted by Crippen LogP contribution is 2.33. The van der Waals surface area contributed by atoms with Gasteiger partial charge in [0.15, 0.2) is 11.8 Å². The maximum absolute atomic E-state index is 4.86. The van der Waals surface area contributed by atoms with Crippen LogP contribution in [0.4, 0.5) is 0 Å². The van der Waals surface area contributed by atoms with E-state index in [1.807, 2.05) is 24.6 Å². The Morgan fingerprint density at radius 2 is 1.97 bits per heavy atom. The summed E-state index contributed by atoms with van der Waals surface area (Å²) in [6.07, 6.45) is 3.86. The van der Waals surface area contributed by atoms with Crippen molar-refractivity contribution in [1.82, 2.24) is 30.3 Å². The van der Waals surface area contributed by atoms with Crippen LogP contribution in [0, 0.1) is 6.92 Å². The lowest BCUT2D eigenvalue weighted by Gasteiger charge is -2.22. The van der Waals surface area contributed by atoms with Crippen molar-refractivity contribution in [3.8, 4) is 0 Å². The summed E-state index contributed by atoms with van der Waals surface area (Å²) in [7, 11) is 1.99. The molecule has 0 radical (unpaired) electrons. The van der Waals surface area contributed by atoms with Gasteiger partial charge in [0, 0.05) is 31.7 Å². The lowest BCUT2D eigenvalue weighted by Crippen LogP contribution is -2.45. The Labute approximate surface area is 196 Å². The summed E-state index contributed by atoms with van der Waals surface area (Å²) in [6.45, 7) is 8.07. The van der Waals surface area contributed by atoms with Crippen molar-refractivity contribution in [3.63, 3.8) is 0 Å². The number of benzene rings is 1. The van der Waals surface area contributed by atoms with Gasteiger partial charge in [-0.05, 0) is 45.6 Å². The van der Waals surface area contributed by atoms with Gasteiger partial charge in [-0.2, -0.15) is 0 Å². The first kappa shape index (κ1) is 23.0. The molecular formula is C22H34IN7. The molecule has 1 aromatic heterocycles. The summed E-state index contributed by atoms with van der Waals surface area (Å²) in [6, 6.07) is 12.5. The number of aryl methyl sites for hydroxylation is 1. The molecule has 164 valence electrons. The molecule has 2 aliphatic rings. The highest BCUT2D eigenvalue weighted by molar-refractivity contribution is 14.0. The van der Waals surface area contributed by atoms with E-state index >= 15 is 0 Å². The van der Waals surface area contributed by atoms with Crippen molar-refractivity contribution in [2.24, 2.45) is 12.0 Å². The second-order valence-corrected chi connectivity index (χ2v) is 8.52. The number of nitrogens with zero attached hydrogens (tertiary/aromatic N) is 5. The smallest absolute Gasteiger partial charge is 0.192 e. The van der Waals surface area contributed by atoms with E-state index in [0.717, 1.165) is 36.6 Å². The van der Waals surface area contributed by atoms with Crippen LogP contribution in [0.1, 0.15) is 56.4 Å². The molecule has 2 N–H and O–H groups in total. The molecule has 30 heavy (non-hydrogen) atoms. The monoisotopic (exact) mass is 523 g/mol. The zero-order valence-corrected chi connectivity index (χ0v) is 20.7. The van der Waals surface area contributed by atoms with E-state index in [0.29, 0.717) is 18.6 Å². The number of hydrogen-bond donors (Lipinski definition) is 2. The number of aliphatic imine (C=N–C) groups is 1. The highest BCUT2D eigenvalue weighted by atomic mass is 127. The maximum Gasteiger partial charge on any atom is 0.192 e. The SMILES string of the molecule is Cc1nnc(CN=C(NC2CC(C)N(C3CC3)C2)NC(C)c2ccccc2)n1C.I. The van der Waals surface area contributed by atoms with Crippen molar-refractivity contribution in [2.45, 2.75) is 70.7 Å². The minimum absolute atomic E-state index is 0. The molecule has 1 aliphatic heterocycles. The minimum atomic E-state index is 0. The number of aromatic nitrogens is 3. The van der Waals surface area contributed by atoms with Crippen LogP contribution >= 0.6 is 24.0 Å². The molecule has 3 unspecified atom stereocenters. The van der Waals surface area contributed by atoms with Gasteiger partial charge in [0.2, 0.25) is 0 Å². The van der Waals surface area contributed by atoms with E-state index < -0.39 is 0 Å². The fraction of sp³-hybridized carbons (Fsp3) is 0.591. The van der Waals surface area contributed by atoms with Gasteiger partial charge in [-0.1, -0.05) is 30.3 Å². The van der Waals surface area contributed by atoms with Gasteiger partial charge in [0.05, 0.1) is 6.04 Å². The Morgan fingerprint density at radius 3 is 2.60 bits per heavy atom. The van der Waals surface area contributed by atoms with Crippen molar-refractivity contribution in [3.05, 3.63) is 47.5 Å². The number of hydrogen-bond acceptors (Lipinski definition) is 4. The summed E-state index contributed by atoms with van der Waals surface area (Å²) in [5.41, 5.74) is 1.25. The Morgan fingerprint density at radius 1 is 1.23 bits per heavy atom. The normalized spacial score (nSPS) is 23.1. The number of guanidine groups is 1. The molecule has 8 heteroatoms. The second-order valence-electron chi connectivity index (χ2n) is 8.52. The van der Waals surface area contributed by atoms with Crippen LogP contribution in [-0.2, 0) is 13.6 Å². The van der Waals surface area contributed by atoms with E-state index in [4.69, 9.17) is 4.99 Å². The molecule has 1 saturated heterocycles. The van der Waals surface area contributed by atoms with E-state index in [1.165, 1.54) is 18.4 Å². The van der Waals surface area contributed by atoms with Crippen LogP contribution in [0.5, 0.6) is 0 Å². The average Bonchev–Trinajstić information content (AvgIpc) is 3.43. The second kappa shape index (κ2) is 10.1. The standard InChI is InChI=1S/C22H33N7.HI/c1-15-12-19(14-29(15)20-10-11-20)25-22(23-13-21-27-26-17(3)28(21)4)24-16(2)18-8-6-5-7-9-18;/h5-9,15-16,19-20H,10-14H2,1-4H3,(H2,23,24,25);1H. The van der Waals surface area contributed by atoms with Gasteiger partial charge in [-0.3, -0.25) is 4.90 Å². The van der Waals surface area contributed by atoms with Gasteiger partial charge in [0.25, 0.3) is 0 Å². The van der Waals surface area contributed by atoms with E-state index in [-0.39, 0.29) is 30.0 Å². The molecule has 1 saturated carbocycles. The largest absolute Gasteiger partial charge is 0.352 e. The van der Waals surface area contributed by atoms with Crippen molar-refractivity contribution in [2.75, 3.05) is 6.54 Å². The van der Waals surface area contributed by atoms with Crippen LogP contribution in [0.3, 0.4) is 0 Å². The third-order valence-electron chi connectivity index (χ3n) is 6.19. The number of likely N-dealkylation sites (tertiary alicyclic amines) is 1.